The van der Waals surface area contributed by atoms with Crippen LogP contribution in [0.1, 0.15) is 10.5 Å². The van der Waals surface area contributed by atoms with Crippen molar-refractivity contribution < 1.29 is 19.0 Å². The van der Waals surface area contributed by atoms with Crippen molar-refractivity contribution in [1.29, 1.82) is 0 Å². The highest BCUT2D eigenvalue weighted by molar-refractivity contribution is 7.13. The molecule has 0 amide bonds. The summed E-state index contributed by atoms with van der Waals surface area (Å²) < 4.78 is 16.3. The number of hydrogen-bond acceptors (Lipinski definition) is 6. The lowest BCUT2D eigenvalue weighted by Crippen LogP contribution is -2.15. The molecule has 3 aromatic rings. The van der Waals surface area contributed by atoms with Gasteiger partial charge in [0.2, 0.25) is 0 Å². The standard InChI is InChI=1S/C18H12ClNO4S/c19-13-4-2-1-3-12(13)17-20-14(10-25-17)18(21)24-11-5-6-15-16(9-11)23-8-7-22-15/h1-6,9-10H,7-8H2. The van der Waals surface area contributed by atoms with Crippen LogP contribution < -0.4 is 14.2 Å². The van der Waals surface area contributed by atoms with E-state index in [2.05, 4.69) is 4.98 Å². The third-order valence-electron chi connectivity index (χ3n) is 3.54. The molecule has 1 aliphatic heterocycles. The van der Waals surface area contributed by atoms with Crippen LogP contribution >= 0.6 is 22.9 Å². The van der Waals surface area contributed by atoms with E-state index in [-0.39, 0.29) is 5.69 Å². The smallest absolute Gasteiger partial charge is 0.363 e. The minimum Gasteiger partial charge on any atom is -0.486 e. The third kappa shape index (κ3) is 3.31. The lowest BCUT2D eigenvalue weighted by atomic mass is 10.2. The quantitative estimate of drug-likeness (QED) is 0.501. The fourth-order valence-corrected chi connectivity index (χ4v) is 3.48. The number of rotatable bonds is 3. The monoisotopic (exact) mass is 373 g/mol. The second kappa shape index (κ2) is 6.74. The predicted molar refractivity (Wildman–Crippen MR) is 95.0 cm³/mol. The van der Waals surface area contributed by atoms with Gasteiger partial charge in [-0.2, -0.15) is 0 Å². The predicted octanol–water partition coefficient (Wildman–Crippen LogP) is 4.45. The van der Waals surface area contributed by atoms with E-state index < -0.39 is 5.97 Å². The lowest BCUT2D eigenvalue weighted by molar-refractivity contribution is 0.0728. The summed E-state index contributed by atoms with van der Waals surface area (Å²) >= 11 is 7.51. The molecular formula is C18H12ClNO4S. The molecular weight excluding hydrogens is 362 g/mol. The molecule has 0 unspecified atom stereocenters. The van der Waals surface area contributed by atoms with E-state index in [1.807, 2.05) is 18.2 Å². The highest BCUT2D eigenvalue weighted by atomic mass is 35.5. The molecule has 25 heavy (non-hydrogen) atoms. The van der Waals surface area contributed by atoms with E-state index in [4.69, 9.17) is 25.8 Å². The Labute approximate surface area is 152 Å². The summed E-state index contributed by atoms with van der Waals surface area (Å²) in [6.07, 6.45) is 0. The molecule has 0 saturated carbocycles. The lowest BCUT2D eigenvalue weighted by Gasteiger charge is -2.18. The number of ether oxygens (including phenoxy) is 3. The Morgan fingerprint density at radius 2 is 1.92 bits per heavy atom. The number of carbonyl (C=O) groups excluding carboxylic acids is 1. The van der Waals surface area contributed by atoms with Gasteiger partial charge in [0.25, 0.3) is 0 Å². The highest BCUT2D eigenvalue weighted by Gasteiger charge is 2.17. The number of thiazole rings is 1. The SMILES string of the molecule is O=C(Oc1ccc2c(c1)OCCO2)c1csc(-c2ccccc2Cl)n1. The van der Waals surface area contributed by atoms with Crippen molar-refractivity contribution in [3.63, 3.8) is 0 Å². The third-order valence-corrected chi connectivity index (χ3v) is 4.75. The minimum absolute atomic E-state index is 0.231. The Kier molecular flexibility index (Phi) is 4.29. The highest BCUT2D eigenvalue weighted by Crippen LogP contribution is 2.34. The van der Waals surface area contributed by atoms with Gasteiger partial charge in [0.15, 0.2) is 17.2 Å². The molecule has 4 rings (SSSR count). The molecule has 0 N–H and O–H groups in total. The zero-order valence-corrected chi connectivity index (χ0v) is 14.5. The van der Waals surface area contributed by atoms with Gasteiger partial charge < -0.3 is 14.2 Å². The van der Waals surface area contributed by atoms with E-state index in [9.17, 15) is 4.79 Å². The molecule has 0 spiro atoms. The molecule has 2 aromatic carbocycles. The second-order valence-corrected chi connectivity index (χ2v) is 6.48. The van der Waals surface area contributed by atoms with E-state index in [0.717, 1.165) is 5.56 Å². The molecule has 7 heteroatoms. The Morgan fingerprint density at radius 1 is 1.12 bits per heavy atom. The van der Waals surface area contributed by atoms with Crippen LogP contribution in [-0.4, -0.2) is 24.2 Å². The number of carbonyl (C=O) groups is 1. The topological polar surface area (TPSA) is 57.7 Å². The molecule has 0 saturated heterocycles. The number of nitrogens with zero attached hydrogens (tertiary/aromatic N) is 1. The van der Waals surface area contributed by atoms with Gasteiger partial charge in [-0.15, -0.1) is 11.3 Å². The van der Waals surface area contributed by atoms with Crippen LogP contribution in [0.3, 0.4) is 0 Å². The van der Waals surface area contributed by atoms with Crippen molar-refractivity contribution in [2.24, 2.45) is 0 Å². The van der Waals surface area contributed by atoms with E-state index >= 15 is 0 Å². The summed E-state index contributed by atoms with van der Waals surface area (Å²) in [5.74, 6) is 1.04. The summed E-state index contributed by atoms with van der Waals surface area (Å²) in [6, 6.07) is 12.4. The van der Waals surface area contributed by atoms with Gasteiger partial charge in [-0.05, 0) is 18.2 Å². The van der Waals surface area contributed by atoms with Gasteiger partial charge in [-0.25, -0.2) is 9.78 Å². The summed E-state index contributed by atoms with van der Waals surface area (Å²) in [7, 11) is 0. The second-order valence-electron chi connectivity index (χ2n) is 5.21. The van der Waals surface area contributed by atoms with Gasteiger partial charge in [-0.3, -0.25) is 0 Å². The molecule has 0 radical (unpaired) electrons. The summed E-state index contributed by atoms with van der Waals surface area (Å²) in [5.41, 5.74) is 1.02. The number of esters is 1. The molecule has 0 bridgehead atoms. The number of halogens is 1. The van der Waals surface area contributed by atoms with Crippen molar-refractivity contribution in [1.82, 2.24) is 4.98 Å². The molecule has 1 aromatic heterocycles. The fraction of sp³-hybridized carbons (Fsp3) is 0.111. The Bertz CT molecular complexity index is 940. The van der Waals surface area contributed by atoms with Crippen molar-refractivity contribution in [3.8, 4) is 27.8 Å². The molecule has 5 nitrogen and oxygen atoms in total. The van der Waals surface area contributed by atoms with E-state index in [1.165, 1.54) is 11.3 Å². The van der Waals surface area contributed by atoms with Crippen molar-refractivity contribution in [2.75, 3.05) is 13.2 Å². The van der Waals surface area contributed by atoms with Gasteiger partial charge in [-0.1, -0.05) is 29.8 Å². The van der Waals surface area contributed by atoms with Crippen molar-refractivity contribution in [3.05, 3.63) is 58.6 Å². The van der Waals surface area contributed by atoms with Crippen LogP contribution in [0.15, 0.2) is 47.8 Å². The van der Waals surface area contributed by atoms with Gasteiger partial charge in [0, 0.05) is 17.0 Å². The first kappa shape index (κ1) is 15.9. The zero-order valence-electron chi connectivity index (χ0n) is 12.9. The number of benzene rings is 2. The van der Waals surface area contributed by atoms with Gasteiger partial charge >= 0.3 is 5.97 Å². The maximum absolute atomic E-state index is 12.3. The minimum atomic E-state index is -0.536. The van der Waals surface area contributed by atoms with Gasteiger partial charge in [0.1, 0.15) is 24.0 Å². The summed E-state index contributed by atoms with van der Waals surface area (Å²) in [4.78, 5) is 16.7. The first-order chi connectivity index (χ1) is 12.2. The number of fused-ring (bicyclic) bond motifs is 1. The van der Waals surface area contributed by atoms with Crippen LogP contribution in [0.2, 0.25) is 5.02 Å². The largest absolute Gasteiger partial charge is 0.486 e. The molecule has 1 aliphatic rings. The number of hydrogen-bond donors (Lipinski definition) is 0. The normalized spacial score (nSPS) is 12.7. The maximum Gasteiger partial charge on any atom is 0.363 e. The first-order valence-corrected chi connectivity index (χ1v) is 8.79. The average Bonchev–Trinajstić information content (AvgIpc) is 3.12. The maximum atomic E-state index is 12.3. The van der Waals surface area contributed by atoms with Crippen LogP contribution in [-0.2, 0) is 0 Å². The van der Waals surface area contributed by atoms with Crippen molar-refractivity contribution in [2.45, 2.75) is 0 Å². The number of aromatic nitrogens is 1. The first-order valence-electron chi connectivity index (χ1n) is 7.53. The Hall–Kier alpha value is -2.57. The molecule has 2 heterocycles. The molecule has 0 atom stereocenters. The Balaban J connectivity index is 1.53. The van der Waals surface area contributed by atoms with Crippen LogP contribution in [0.5, 0.6) is 17.2 Å². The summed E-state index contributed by atoms with van der Waals surface area (Å²) in [5, 5.41) is 2.90. The van der Waals surface area contributed by atoms with E-state index in [1.54, 1.807) is 29.6 Å². The molecule has 126 valence electrons. The van der Waals surface area contributed by atoms with Crippen LogP contribution in [0.4, 0.5) is 0 Å². The van der Waals surface area contributed by atoms with Gasteiger partial charge in [0.05, 0.1) is 5.02 Å². The van der Waals surface area contributed by atoms with E-state index in [0.29, 0.717) is 40.5 Å². The Morgan fingerprint density at radius 3 is 2.76 bits per heavy atom. The average molecular weight is 374 g/mol. The van der Waals surface area contributed by atoms with Crippen LogP contribution in [0, 0.1) is 0 Å². The summed E-state index contributed by atoms with van der Waals surface area (Å²) in [6.45, 7) is 0.980. The van der Waals surface area contributed by atoms with Crippen molar-refractivity contribution >= 4 is 28.9 Å². The molecule has 0 aliphatic carbocycles. The van der Waals surface area contributed by atoms with Crippen LogP contribution in [0.25, 0.3) is 10.6 Å². The fourth-order valence-electron chi connectivity index (χ4n) is 2.37. The molecule has 0 fully saturated rings. The zero-order chi connectivity index (χ0) is 17.2.